The Morgan fingerprint density at radius 1 is 1.20 bits per heavy atom. The first-order valence-electron chi connectivity index (χ1n) is 5.80. The smallest absolute Gasteiger partial charge is 0.154 e. The molecule has 1 rings (SSSR count). The molecule has 15 heavy (non-hydrogen) atoms. The van der Waals surface area contributed by atoms with Gasteiger partial charge in [-0.25, -0.2) is 0 Å². The van der Waals surface area contributed by atoms with E-state index in [-0.39, 0.29) is 15.6 Å². The largest absolute Gasteiger partial charge is 0.298 e. The second-order valence-electron chi connectivity index (χ2n) is 6.39. The molecular weight excluding hydrogens is 204 g/mol. The van der Waals surface area contributed by atoms with Gasteiger partial charge in [-0.05, 0) is 30.9 Å². The Kier molecular flexibility index (Phi) is 3.31. The monoisotopic (exact) mass is 228 g/mol. The Labute approximate surface area is 98.4 Å². The molecule has 0 saturated carbocycles. The van der Waals surface area contributed by atoms with Crippen LogP contribution in [-0.4, -0.2) is 16.3 Å². The SMILES string of the molecule is CC1(C(=O)C(C)(C)C(C)(C)C)CCCS1. The fraction of sp³-hybridized carbons (Fsp3) is 0.923. The molecule has 1 nitrogen and oxygen atoms in total. The van der Waals surface area contributed by atoms with Crippen LogP contribution in [0.2, 0.25) is 0 Å². The first-order chi connectivity index (χ1) is 6.61. The van der Waals surface area contributed by atoms with E-state index >= 15 is 0 Å². The van der Waals surface area contributed by atoms with Gasteiger partial charge in [-0.15, -0.1) is 11.8 Å². The van der Waals surface area contributed by atoms with Gasteiger partial charge >= 0.3 is 0 Å². The third-order valence-corrected chi connectivity index (χ3v) is 5.66. The van der Waals surface area contributed by atoms with Crippen LogP contribution in [0.3, 0.4) is 0 Å². The topological polar surface area (TPSA) is 17.1 Å². The van der Waals surface area contributed by atoms with Crippen molar-refractivity contribution in [2.24, 2.45) is 10.8 Å². The van der Waals surface area contributed by atoms with Gasteiger partial charge in [0, 0.05) is 5.41 Å². The fourth-order valence-electron chi connectivity index (χ4n) is 1.96. The Hall–Kier alpha value is 0.0200. The summed E-state index contributed by atoms with van der Waals surface area (Å²) in [6, 6.07) is 0. The lowest BCUT2D eigenvalue weighted by atomic mass is 9.64. The Bertz CT molecular complexity index is 254. The second kappa shape index (κ2) is 3.80. The minimum atomic E-state index is -0.237. The first kappa shape index (κ1) is 13.1. The summed E-state index contributed by atoms with van der Waals surface area (Å²) < 4.78 is -0.128. The molecule has 0 N–H and O–H groups in total. The fourth-order valence-corrected chi connectivity index (χ4v) is 3.37. The summed E-state index contributed by atoms with van der Waals surface area (Å²) in [6.07, 6.45) is 2.24. The van der Waals surface area contributed by atoms with Crippen LogP contribution in [0, 0.1) is 10.8 Å². The van der Waals surface area contributed by atoms with Crippen molar-refractivity contribution in [2.45, 2.75) is 59.1 Å². The molecule has 1 aliphatic heterocycles. The van der Waals surface area contributed by atoms with Crippen molar-refractivity contribution in [3.8, 4) is 0 Å². The Morgan fingerprint density at radius 2 is 1.73 bits per heavy atom. The zero-order chi connectivity index (χ0) is 11.9. The lowest BCUT2D eigenvalue weighted by molar-refractivity contribution is -0.134. The lowest BCUT2D eigenvalue weighted by Gasteiger charge is -2.42. The number of hydrogen-bond acceptors (Lipinski definition) is 2. The van der Waals surface area contributed by atoms with Crippen molar-refractivity contribution in [1.29, 1.82) is 0 Å². The molecule has 1 unspecified atom stereocenters. The van der Waals surface area contributed by atoms with Gasteiger partial charge in [0.15, 0.2) is 5.78 Å². The summed E-state index contributed by atoms with van der Waals surface area (Å²) in [7, 11) is 0. The van der Waals surface area contributed by atoms with Crippen LogP contribution in [0.15, 0.2) is 0 Å². The van der Waals surface area contributed by atoms with Crippen molar-refractivity contribution in [3.05, 3.63) is 0 Å². The molecular formula is C13H24OS. The molecule has 0 aromatic carbocycles. The van der Waals surface area contributed by atoms with E-state index in [0.717, 1.165) is 12.2 Å². The van der Waals surface area contributed by atoms with E-state index in [1.807, 2.05) is 11.8 Å². The van der Waals surface area contributed by atoms with Gasteiger partial charge in [0.05, 0.1) is 4.75 Å². The zero-order valence-corrected chi connectivity index (χ0v) is 11.8. The van der Waals surface area contributed by atoms with E-state index in [0.29, 0.717) is 5.78 Å². The van der Waals surface area contributed by atoms with Gasteiger partial charge in [0.1, 0.15) is 0 Å². The van der Waals surface area contributed by atoms with Crippen LogP contribution in [0.4, 0.5) is 0 Å². The van der Waals surface area contributed by atoms with E-state index in [1.54, 1.807) is 0 Å². The van der Waals surface area contributed by atoms with Gasteiger partial charge in [-0.3, -0.25) is 4.79 Å². The lowest BCUT2D eigenvalue weighted by Crippen LogP contribution is -2.47. The van der Waals surface area contributed by atoms with Crippen LogP contribution in [0.1, 0.15) is 54.4 Å². The van der Waals surface area contributed by atoms with E-state index in [2.05, 4.69) is 41.5 Å². The minimum absolute atomic E-state index is 0.0379. The molecule has 1 atom stereocenters. The van der Waals surface area contributed by atoms with Crippen molar-refractivity contribution < 1.29 is 4.79 Å². The summed E-state index contributed by atoms with van der Waals surface area (Å²) in [5, 5.41) is 0. The van der Waals surface area contributed by atoms with Crippen molar-refractivity contribution in [2.75, 3.05) is 5.75 Å². The average Bonchev–Trinajstić information content (AvgIpc) is 2.50. The van der Waals surface area contributed by atoms with Gasteiger partial charge in [-0.1, -0.05) is 34.6 Å². The molecule has 0 bridgehead atoms. The number of hydrogen-bond donors (Lipinski definition) is 0. The van der Waals surface area contributed by atoms with E-state index in [4.69, 9.17) is 0 Å². The highest BCUT2D eigenvalue weighted by atomic mass is 32.2. The van der Waals surface area contributed by atoms with Gasteiger partial charge < -0.3 is 0 Å². The summed E-state index contributed by atoms with van der Waals surface area (Å²) in [5.41, 5.74) is -0.199. The highest BCUT2D eigenvalue weighted by Crippen LogP contribution is 2.48. The molecule has 2 heteroatoms. The molecule has 0 aliphatic carbocycles. The predicted octanol–water partition coefficient (Wildman–Crippen LogP) is 3.91. The molecule has 1 aliphatic rings. The summed E-state index contributed by atoms with van der Waals surface area (Å²) >= 11 is 1.85. The third kappa shape index (κ3) is 2.25. The van der Waals surface area contributed by atoms with E-state index < -0.39 is 0 Å². The van der Waals surface area contributed by atoms with E-state index in [1.165, 1.54) is 6.42 Å². The van der Waals surface area contributed by atoms with Crippen molar-refractivity contribution in [1.82, 2.24) is 0 Å². The number of Topliss-reactive ketones (excluding diaryl/α,β-unsaturated/α-hetero) is 1. The number of rotatable bonds is 2. The standard InChI is InChI=1S/C13H24OS/c1-11(2,3)12(4,5)10(14)13(6)8-7-9-15-13/h7-9H2,1-6H3. The van der Waals surface area contributed by atoms with E-state index in [9.17, 15) is 4.79 Å². The summed E-state index contributed by atoms with van der Waals surface area (Å²) in [5.74, 6) is 1.58. The van der Waals surface area contributed by atoms with Crippen LogP contribution in [0.5, 0.6) is 0 Å². The Morgan fingerprint density at radius 3 is 2.07 bits per heavy atom. The average molecular weight is 228 g/mol. The highest BCUT2D eigenvalue weighted by Gasteiger charge is 2.49. The molecule has 1 heterocycles. The number of carbonyl (C=O) groups is 1. The second-order valence-corrected chi connectivity index (χ2v) is 7.98. The van der Waals surface area contributed by atoms with Crippen LogP contribution >= 0.6 is 11.8 Å². The van der Waals surface area contributed by atoms with Gasteiger partial charge in [0.25, 0.3) is 0 Å². The molecule has 0 aromatic heterocycles. The van der Waals surface area contributed by atoms with Gasteiger partial charge in [-0.2, -0.15) is 0 Å². The highest BCUT2D eigenvalue weighted by molar-refractivity contribution is 8.01. The van der Waals surface area contributed by atoms with Crippen molar-refractivity contribution >= 4 is 17.5 Å². The molecule has 0 radical (unpaired) electrons. The van der Waals surface area contributed by atoms with Crippen LogP contribution in [-0.2, 0) is 4.79 Å². The minimum Gasteiger partial charge on any atom is -0.298 e. The molecule has 0 spiro atoms. The summed E-state index contributed by atoms with van der Waals surface area (Å²) in [6.45, 7) is 12.8. The molecule has 0 aromatic rings. The third-order valence-electron chi connectivity index (χ3n) is 4.14. The molecule has 1 fully saturated rings. The number of carbonyl (C=O) groups excluding carboxylic acids is 1. The maximum absolute atomic E-state index is 12.6. The first-order valence-corrected chi connectivity index (χ1v) is 6.79. The zero-order valence-electron chi connectivity index (χ0n) is 10.9. The van der Waals surface area contributed by atoms with Crippen LogP contribution < -0.4 is 0 Å². The van der Waals surface area contributed by atoms with Crippen LogP contribution in [0.25, 0.3) is 0 Å². The Balaban J connectivity index is 2.93. The maximum Gasteiger partial charge on any atom is 0.154 e. The number of ketones is 1. The molecule has 1 saturated heterocycles. The quantitative estimate of drug-likeness (QED) is 0.712. The summed E-state index contributed by atoms with van der Waals surface area (Å²) in [4.78, 5) is 12.6. The molecule has 0 amide bonds. The normalized spacial score (nSPS) is 28.1. The van der Waals surface area contributed by atoms with Crippen molar-refractivity contribution in [3.63, 3.8) is 0 Å². The number of thioether (sulfide) groups is 1. The molecule has 88 valence electrons. The maximum atomic E-state index is 12.6. The van der Waals surface area contributed by atoms with Gasteiger partial charge in [0.2, 0.25) is 0 Å². The predicted molar refractivity (Wildman–Crippen MR) is 68.3 cm³/mol.